The molecule has 4 nitrogen and oxygen atoms in total. The fourth-order valence-electron chi connectivity index (χ4n) is 1.10. The quantitative estimate of drug-likeness (QED) is 0.906. The Balaban J connectivity index is 3.13. The van der Waals surface area contributed by atoms with Crippen molar-refractivity contribution < 1.29 is 14.6 Å². The van der Waals surface area contributed by atoms with E-state index < -0.39 is 0 Å². The summed E-state index contributed by atoms with van der Waals surface area (Å²) in [5, 5.41) is 17.5. The highest BCUT2D eigenvalue weighted by atomic mass is 79.9. The molecule has 0 unspecified atom stereocenters. The molecule has 0 atom stereocenters. The second-order valence-corrected chi connectivity index (χ2v) is 3.58. The molecule has 0 heterocycles. The largest absolute Gasteiger partial charge is 0.493 e. The van der Waals surface area contributed by atoms with Crippen LogP contribution >= 0.6 is 15.9 Å². The summed E-state index contributed by atoms with van der Waals surface area (Å²) in [6, 6.07) is 5.34. The summed E-state index contributed by atoms with van der Waals surface area (Å²) < 4.78 is 11.1. The fraction of sp³-hybridized carbons (Fsp3) is 0.300. The lowest BCUT2D eigenvalue weighted by Gasteiger charge is -2.11. The van der Waals surface area contributed by atoms with Gasteiger partial charge in [0.1, 0.15) is 12.7 Å². The molecule has 1 rings (SSSR count). The van der Waals surface area contributed by atoms with E-state index in [1.165, 1.54) is 7.11 Å². The summed E-state index contributed by atoms with van der Waals surface area (Å²) in [4.78, 5) is 0. The topological polar surface area (TPSA) is 62.5 Å². The summed E-state index contributed by atoms with van der Waals surface area (Å²) in [6.07, 6.45) is 0. The Morgan fingerprint density at radius 2 is 2.27 bits per heavy atom. The van der Waals surface area contributed by atoms with Gasteiger partial charge in [-0.1, -0.05) is 15.9 Å². The average Bonchev–Trinajstić information content (AvgIpc) is 2.26. The van der Waals surface area contributed by atoms with Crippen molar-refractivity contribution in [1.29, 1.82) is 5.26 Å². The van der Waals surface area contributed by atoms with Crippen molar-refractivity contribution in [3.8, 4) is 17.6 Å². The van der Waals surface area contributed by atoms with Crippen LogP contribution in [0.5, 0.6) is 11.5 Å². The van der Waals surface area contributed by atoms with Crippen LogP contribution in [0.1, 0.15) is 5.56 Å². The number of ether oxygens (including phenoxy) is 2. The molecule has 1 aromatic rings. The Bertz CT molecular complexity index is 387. The predicted octanol–water partition coefficient (Wildman–Crippen LogP) is 1.70. The molecule has 15 heavy (non-hydrogen) atoms. The first-order valence-electron chi connectivity index (χ1n) is 4.24. The number of aliphatic hydroxyl groups is 1. The van der Waals surface area contributed by atoms with E-state index in [1.807, 2.05) is 6.07 Å². The van der Waals surface area contributed by atoms with Crippen LogP contribution in [0.25, 0.3) is 0 Å². The van der Waals surface area contributed by atoms with Gasteiger partial charge in [0.2, 0.25) is 0 Å². The maximum Gasteiger partial charge on any atom is 0.179 e. The molecule has 0 amide bonds. The number of rotatable bonds is 4. The summed E-state index contributed by atoms with van der Waals surface area (Å²) in [5.41, 5.74) is 0.370. The molecule has 0 aliphatic carbocycles. The number of aliphatic hydroxyl groups excluding tert-OH is 1. The van der Waals surface area contributed by atoms with Crippen molar-refractivity contribution in [2.24, 2.45) is 0 Å². The van der Waals surface area contributed by atoms with Crippen LogP contribution in [0, 0.1) is 11.3 Å². The van der Waals surface area contributed by atoms with E-state index in [-0.39, 0.29) is 13.2 Å². The van der Waals surface area contributed by atoms with Crippen molar-refractivity contribution in [2.75, 3.05) is 20.3 Å². The lowest BCUT2D eigenvalue weighted by atomic mass is 10.2. The van der Waals surface area contributed by atoms with Gasteiger partial charge in [-0.05, 0) is 12.1 Å². The maximum atomic E-state index is 8.89. The Labute approximate surface area is 96.2 Å². The van der Waals surface area contributed by atoms with Crippen LogP contribution < -0.4 is 9.47 Å². The summed E-state index contributed by atoms with van der Waals surface area (Å²) in [6.45, 7) is 0.0246. The highest BCUT2D eigenvalue weighted by molar-refractivity contribution is 9.10. The molecular formula is C10H10BrNO3. The summed E-state index contributed by atoms with van der Waals surface area (Å²) >= 11 is 3.26. The van der Waals surface area contributed by atoms with E-state index in [9.17, 15) is 0 Å². The molecule has 80 valence electrons. The molecule has 5 heteroatoms. The smallest absolute Gasteiger partial charge is 0.179 e. The predicted molar refractivity (Wildman–Crippen MR) is 58.0 cm³/mol. The molecule has 0 fully saturated rings. The molecule has 1 aromatic carbocycles. The number of nitriles is 1. The lowest BCUT2D eigenvalue weighted by Crippen LogP contribution is -2.04. The number of methoxy groups -OCH3 is 1. The van der Waals surface area contributed by atoms with Gasteiger partial charge in [0, 0.05) is 4.47 Å². The Morgan fingerprint density at radius 1 is 1.53 bits per heavy atom. The van der Waals surface area contributed by atoms with E-state index in [1.54, 1.807) is 12.1 Å². The minimum Gasteiger partial charge on any atom is -0.493 e. The van der Waals surface area contributed by atoms with Crippen molar-refractivity contribution in [3.63, 3.8) is 0 Å². The first-order valence-corrected chi connectivity index (χ1v) is 5.03. The monoisotopic (exact) mass is 271 g/mol. The lowest BCUT2D eigenvalue weighted by molar-refractivity contribution is 0.196. The van der Waals surface area contributed by atoms with Gasteiger partial charge in [-0.25, -0.2) is 0 Å². The second-order valence-electron chi connectivity index (χ2n) is 2.67. The van der Waals surface area contributed by atoms with Gasteiger partial charge in [-0.3, -0.25) is 0 Å². The molecule has 0 aliphatic heterocycles. The number of hydrogen-bond acceptors (Lipinski definition) is 4. The van der Waals surface area contributed by atoms with E-state index in [0.717, 1.165) is 4.47 Å². The SMILES string of the molecule is COc1cc(Br)cc(C#N)c1OCCO. The van der Waals surface area contributed by atoms with Crippen molar-refractivity contribution in [1.82, 2.24) is 0 Å². The number of hydrogen-bond donors (Lipinski definition) is 1. The molecule has 0 bridgehead atoms. The van der Waals surface area contributed by atoms with Crippen molar-refractivity contribution in [2.45, 2.75) is 0 Å². The van der Waals surface area contributed by atoms with Crippen LogP contribution in [-0.4, -0.2) is 25.4 Å². The van der Waals surface area contributed by atoms with Crippen LogP contribution in [0.2, 0.25) is 0 Å². The van der Waals surface area contributed by atoms with E-state index in [4.69, 9.17) is 19.8 Å². The van der Waals surface area contributed by atoms with Crippen LogP contribution in [-0.2, 0) is 0 Å². The van der Waals surface area contributed by atoms with Gasteiger partial charge in [0.15, 0.2) is 11.5 Å². The number of halogens is 1. The van der Waals surface area contributed by atoms with Crippen LogP contribution in [0.3, 0.4) is 0 Å². The zero-order valence-electron chi connectivity index (χ0n) is 8.16. The van der Waals surface area contributed by atoms with Gasteiger partial charge >= 0.3 is 0 Å². The summed E-state index contributed by atoms with van der Waals surface area (Å²) in [7, 11) is 1.49. The average molecular weight is 272 g/mol. The first kappa shape index (κ1) is 11.8. The highest BCUT2D eigenvalue weighted by Crippen LogP contribution is 2.34. The normalized spacial score (nSPS) is 9.47. The zero-order chi connectivity index (χ0) is 11.3. The molecule has 0 saturated heterocycles. The molecule has 0 aromatic heterocycles. The van der Waals surface area contributed by atoms with Crippen molar-refractivity contribution in [3.05, 3.63) is 22.2 Å². The van der Waals surface area contributed by atoms with Gasteiger partial charge in [0.05, 0.1) is 19.3 Å². The van der Waals surface area contributed by atoms with E-state index in [0.29, 0.717) is 17.1 Å². The van der Waals surface area contributed by atoms with Crippen molar-refractivity contribution >= 4 is 15.9 Å². The van der Waals surface area contributed by atoms with Gasteiger partial charge in [-0.15, -0.1) is 0 Å². The molecule has 0 radical (unpaired) electrons. The maximum absolute atomic E-state index is 8.89. The fourth-order valence-corrected chi connectivity index (χ4v) is 1.54. The zero-order valence-corrected chi connectivity index (χ0v) is 9.74. The van der Waals surface area contributed by atoms with E-state index in [2.05, 4.69) is 15.9 Å². The minimum absolute atomic E-state index is 0.107. The molecule has 0 spiro atoms. The Morgan fingerprint density at radius 3 is 2.80 bits per heavy atom. The third-order valence-corrected chi connectivity index (χ3v) is 2.16. The molecule has 0 saturated carbocycles. The van der Waals surface area contributed by atoms with Gasteiger partial charge in [0.25, 0.3) is 0 Å². The third kappa shape index (κ3) is 2.85. The van der Waals surface area contributed by atoms with Gasteiger partial charge < -0.3 is 14.6 Å². The number of benzene rings is 1. The van der Waals surface area contributed by atoms with Crippen LogP contribution in [0.15, 0.2) is 16.6 Å². The minimum atomic E-state index is -0.107. The molecular weight excluding hydrogens is 262 g/mol. The Hall–Kier alpha value is -1.25. The molecule has 1 N–H and O–H groups in total. The summed E-state index contributed by atoms with van der Waals surface area (Å²) in [5.74, 6) is 0.826. The van der Waals surface area contributed by atoms with Crippen LogP contribution in [0.4, 0.5) is 0 Å². The first-order chi connectivity index (χ1) is 7.22. The second kappa shape index (κ2) is 5.59. The standard InChI is InChI=1S/C10H10BrNO3/c1-14-9-5-8(11)4-7(6-12)10(9)15-3-2-13/h4-5,13H,2-3H2,1H3. The number of nitrogens with zero attached hydrogens (tertiary/aromatic N) is 1. The third-order valence-electron chi connectivity index (χ3n) is 1.70. The highest BCUT2D eigenvalue weighted by Gasteiger charge is 2.12. The Kier molecular flexibility index (Phi) is 4.40. The van der Waals surface area contributed by atoms with Gasteiger partial charge in [-0.2, -0.15) is 5.26 Å². The van der Waals surface area contributed by atoms with E-state index >= 15 is 0 Å². The molecule has 0 aliphatic rings.